The minimum absolute atomic E-state index is 0. The van der Waals surface area contributed by atoms with Crippen molar-refractivity contribution < 1.29 is 46.8 Å². The fourth-order valence-corrected chi connectivity index (χ4v) is 5.87. The largest absolute Gasteiger partial charge is 0.508 e. The van der Waals surface area contributed by atoms with Crippen molar-refractivity contribution in [2.45, 2.75) is 13.8 Å². The van der Waals surface area contributed by atoms with E-state index in [2.05, 4.69) is 41.7 Å². The smallest absolute Gasteiger partial charge is 0.341 e. The molecule has 17 heteroatoms. The van der Waals surface area contributed by atoms with E-state index in [-0.39, 0.29) is 39.8 Å². The average Bonchev–Trinajstić information content (AvgIpc) is 3.81. The molecule has 0 bridgehead atoms. The Hall–Kier alpha value is -6.27. The second-order valence-corrected chi connectivity index (χ2v) is 12.5. The predicted molar refractivity (Wildman–Crippen MR) is 203 cm³/mol. The van der Waals surface area contributed by atoms with Crippen LogP contribution >= 0.6 is 22.7 Å². The Morgan fingerprint density at radius 1 is 0.585 bits per heavy atom. The molecule has 0 fully saturated rings. The number of phenols is 4. The van der Waals surface area contributed by atoms with Crippen molar-refractivity contribution in [3.63, 3.8) is 0 Å². The number of anilines is 2. The number of rotatable bonds is 8. The minimum atomic E-state index is -0.545. The number of amides is 4. The standard InChI is InChI=1S/2C18H16N4O3S.Co/c2*1-11(14-8-7-13(23)9-16(14)24)21-22-17(25)20-18-19-15(10-26-18)12-5-3-2-4-6-12;/h2*2-10,23-24H,1H3,(H2,19,20,22,25);/b2*21-11+;. The van der Waals surface area contributed by atoms with Gasteiger partial charge in [0, 0.05) is 61.9 Å². The van der Waals surface area contributed by atoms with E-state index < -0.39 is 12.1 Å². The van der Waals surface area contributed by atoms with Crippen LogP contribution in [0.3, 0.4) is 0 Å². The summed E-state index contributed by atoms with van der Waals surface area (Å²) in [5.74, 6) is -0.354. The number of phenolic OH excluding ortho intramolecular Hbond substituents is 4. The molecule has 6 rings (SSSR count). The Morgan fingerprint density at radius 2 is 0.962 bits per heavy atom. The van der Waals surface area contributed by atoms with Gasteiger partial charge in [0.1, 0.15) is 23.0 Å². The molecule has 0 aliphatic heterocycles. The summed E-state index contributed by atoms with van der Waals surface area (Å²) < 4.78 is 0. The predicted octanol–water partition coefficient (Wildman–Crippen LogP) is 7.53. The molecule has 4 aromatic carbocycles. The summed E-state index contributed by atoms with van der Waals surface area (Å²) in [5.41, 5.74) is 9.78. The van der Waals surface area contributed by atoms with Crippen LogP contribution < -0.4 is 21.5 Å². The zero-order chi connectivity index (χ0) is 37.0. The summed E-state index contributed by atoms with van der Waals surface area (Å²) in [6.45, 7) is 3.26. The number of hydrazone groups is 2. The van der Waals surface area contributed by atoms with Crippen molar-refractivity contribution in [1.82, 2.24) is 20.8 Å². The molecule has 2 aromatic heterocycles. The van der Waals surface area contributed by atoms with Gasteiger partial charge in [0.25, 0.3) is 0 Å². The van der Waals surface area contributed by atoms with Crippen LogP contribution in [0.2, 0.25) is 0 Å². The number of hydrogen-bond acceptors (Lipinski definition) is 12. The van der Waals surface area contributed by atoms with Crippen molar-refractivity contribution in [3.05, 3.63) is 119 Å². The number of nitrogens with one attached hydrogen (secondary N) is 4. The molecule has 0 unspecified atom stereocenters. The number of aromatic nitrogens is 2. The molecule has 0 saturated heterocycles. The Labute approximate surface area is 321 Å². The van der Waals surface area contributed by atoms with Crippen LogP contribution in [-0.2, 0) is 16.8 Å². The molecule has 0 aliphatic carbocycles. The van der Waals surface area contributed by atoms with Crippen molar-refractivity contribution in [2.24, 2.45) is 10.2 Å². The van der Waals surface area contributed by atoms with Gasteiger partial charge in [-0.3, -0.25) is 10.6 Å². The molecule has 8 N–H and O–H groups in total. The minimum Gasteiger partial charge on any atom is -0.508 e. The molecule has 4 amide bonds. The Balaban J connectivity index is 0.000000232. The van der Waals surface area contributed by atoms with Crippen LogP contribution in [0.1, 0.15) is 25.0 Å². The number of carbonyl (C=O) groups is 2. The number of thiazole rings is 2. The van der Waals surface area contributed by atoms with Crippen molar-refractivity contribution in [3.8, 4) is 45.5 Å². The SMILES string of the molecule is C/C(=N\NC(=O)Nc1nc(-c2ccccc2)cs1)c1ccc(O)cc1O.C/C(=N\NC(=O)Nc1nc(-c2ccccc2)cs1)c1ccc(O)cc1O.[Co]. The van der Waals surface area contributed by atoms with Gasteiger partial charge in [0.2, 0.25) is 0 Å². The summed E-state index contributed by atoms with van der Waals surface area (Å²) in [7, 11) is 0. The van der Waals surface area contributed by atoms with Crippen LogP contribution in [0.15, 0.2) is 118 Å². The molecule has 14 nitrogen and oxygen atoms in total. The van der Waals surface area contributed by atoms with E-state index in [1.165, 1.54) is 59.1 Å². The van der Waals surface area contributed by atoms with E-state index in [4.69, 9.17) is 0 Å². The monoisotopic (exact) mass is 795 g/mol. The first-order chi connectivity index (χ1) is 25.0. The molecular weight excluding hydrogens is 764 g/mol. The van der Waals surface area contributed by atoms with Crippen molar-refractivity contribution >= 4 is 56.4 Å². The third kappa shape index (κ3) is 11.4. The fourth-order valence-electron chi connectivity index (χ4n) is 4.44. The topological polar surface area (TPSA) is 214 Å². The number of benzene rings is 4. The van der Waals surface area contributed by atoms with Crippen LogP contribution in [0.5, 0.6) is 23.0 Å². The van der Waals surface area contributed by atoms with Crippen molar-refractivity contribution in [2.75, 3.05) is 10.6 Å². The second-order valence-electron chi connectivity index (χ2n) is 10.7. The molecule has 1 radical (unpaired) electrons. The van der Waals surface area contributed by atoms with Gasteiger partial charge in [0.05, 0.1) is 22.8 Å². The van der Waals surface area contributed by atoms with E-state index >= 15 is 0 Å². The number of urea groups is 2. The third-order valence-corrected chi connectivity index (χ3v) is 8.50. The van der Waals surface area contributed by atoms with Gasteiger partial charge in [-0.15, -0.1) is 22.7 Å². The number of carbonyl (C=O) groups excluding carboxylic acids is 2. The van der Waals surface area contributed by atoms with E-state index in [1.54, 1.807) is 13.8 Å². The van der Waals surface area contributed by atoms with E-state index in [1.807, 2.05) is 71.4 Å². The third-order valence-electron chi connectivity index (χ3n) is 6.98. The Kier molecular flexibility index (Phi) is 14.0. The van der Waals surface area contributed by atoms with E-state index in [0.29, 0.717) is 32.8 Å². The van der Waals surface area contributed by atoms with Gasteiger partial charge < -0.3 is 20.4 Å². The normalized spacial score (nSPS) is 11.0. The second kappa shape index (κ2) is 18.8. The maximum Gasteiger partial charge on any atom is 0.341 e. The van der Waals surface area contributed by atoms with Crippen LogP contribution in [0.4, 0.5) is 19.9 Å². The summed E-state index contributed by atoms with van der Waals surface area (Å²) in [5, 5.41) is 55.9. The number of hydrogen-bond donors (Lipinski definition) is 8. The molecular formula is C36H32CoN8O6S2. The van der Waals surface area contributed by atoms with Gasteiger partial charge >= 0.3 is 12.1 Å². The Bertz CT molecular complexity index is 2070. The first kappa shape index (κ1) is 39.5. The zero-order valence-electron chi connectivity index (χ0n) is 27.9. The van der Waals surface area contributed by atoms with Crippen LogP contribution in [-0.4, -0.2) is 53.9 Å². The molecule has 0 atom stereocenters. The first-order valence-electron chi connectivity index (χ1n) is 15.3. The maximum absolute atomic E-state index is 12.0. The molecule has 2 heterocycles. The summed E-state index contributed by atoms with van der Waals surface area (Å²) in [4.78, 5) is 32.7. The van der Waals surface area contributed by atoms with Crippen molar-refractivity contribution in [1.29, 1.82) is 0 Å². The van der Waals surface area contributed by atoms with Crippen LogP contribution in [0.25, 0.3) is 22.5 Å². The van der Waals surface area contributed by atoms with Gasteiger partial charge in [-0.1, -0.05) is 60.7 Å². The molecule has 53 heavy (non-hydrogen) atoms. The van der Waals surface area contributed by atoms with Crippen LogP contribution in [0, 0.1) is 0 Å². The molecule has 0 aliphatic rings. The molecule has 0 spiro atoms. The quantitative estimate of drug-likeness (QED) is 0.0568. The summed E-state index contributed by atoms with van der Waals surface area (Å²) in [6.07, 6.45) is 0. The molecule has 0 saturated carbocycles. The number of nitrogens with zero attached hydrogens (tertiary/aromatic N) is 4. The molecule has 6 aromatic rings. The fraction of sp³-hybridized carbons (Fsp3) is 0.0556. The van der Waals surface area contributed by atoms with Gasteiger partial charge in [-0.25, -0.2) is 30.4 Å². The molecule has 273 valence electrons. The number of aromatic hydroxyl groups is 4. The maximum atomic E-state index is 12.0. The van der Waals surface area contributed by atoms with Gasteiger partial charge in [-0.2, -0.15) is 10.2 Å². The summed E-state index contributed by atoms with van der Waals surface area (Å²) >= 11 is 2.62. The zero-order valence-corrected chi connectivity index (χ0v) is 30.6. The van der Waals surface area contributed by atoms with E-state index in [0.717, 1.165) is 22.5 Å². The average molecular weight is 796 g/mol. The summed E-state index contributed by atoms with van der Waals surface area (Å²) in [6, 6.07) is 26.5. The van der Waals surface area contributed by atoms with E-state index in [9.17, 15) is 30.0 Å². The van der Waals surface area contributed by atoms with Gasteiger partial charge in [0.15, 0.2) is 10.3 Å². The Morgan fingerprint density at radius 3 is 1.32 bits per heavy atom. The van der Waals surface area contributed by atoms with Gasteiger partial charge in [-0.05, 0) is 38.1 Å². The first-order valence-corrected chi connectivity index (χ1v) is 17.1.